The van der Waals surface area contributed by atoms with Crippen LogP contribution in [0.2, 0.25) is 0 Å². The van der Waals surface area contributed by atoms with Gasteiger partial charge < -0.3 is 15.2 Å². The molecule has 0 unspecified atom stereocenters. The molecule has 0 saturated carbocycles. The van der Waals surface area contributed by atoms with Crippen molar-refractivity contribution in [2.75, 3.05) is 11.9 Å². The molecule has 128 valence electrons. The predicted molar refractivity (Wildman–Crippen MR) is 96.0 cm³/mol. The number of aryl methyl sites for hydroxylation is 1. The van der Waals surface area contributed by atoms with E-state index in [-0.39, 0.29) is 18.5 Å². The van der Waals surface area contributed by atoms with E-state index in [1.54, 1.807) is 19.2 Å². The van der Waals surface area contributed by atoms with Gasteiger partial charge in [-0.15, -0.1) is 0 Å². The van der Waals surface area contributed by atoms with Crippen molar-refractivity contribution in [1.82, 2.24) is 15.5 Å². The third-order valence-corrected chi connectivity index (χ3v) is 3.87. The van der Waals surface area contributed by atoms with Crippen LogP contribution < -0.4 is 10.6 Å². The average molecular weight is 336 g/mol. The smallest absolute Gasteiger partial charge is 0.239 e. The monoisotopic (exact) mass is 336 g/mol. The average Bonchev–Trinajstić information content (AvgIpc) is 3.05. The summed E-state index contributed by atoms with van der Waals surface area (Å²) >= 11 is 0. The van der Waals surface area contributed by atoms with Gasteiger partial charge in [0.25, 0.3) is 0 Å². The maximum Gasteiger partial charge on any atom is 0.239 e. The zero-order valence-corrected chi connectivity index (χ0v) is 14.2. The molecule has 3 aromatic rings. The molecule has 2 aromatic heterocycles. The first kappa shape index (κ1) is 16.9. The number of carbonyl (C=O) groups excluding carboxylic acids is 1. The first-order valence-corrected chi connectivity index (χ1v) is 8.09. The molecule has 2 heterocycles. The number of hydrogen-bond acceptors (Lipinski definition) is 5. The number of rotatable bonds is 6. The summed E-state index contributed by atoms with van der Waals surface area (Å²) in [6, 6.07) is 13.9. The van der Waals surface area contributed by atoms with Gasteiger partial charge in [-0.3, -0.25) is 9.78 Å². The van der Waals surface area contributed by atoms with E-state index in [2.05, 4.69) is 45.0 Å². The number of hydrogen-bond donors (Lipinski definition) is 2. The second-order valence-corrected chi connectivity index (χ2v) is 5.84. The minimum atomic E-state index is -0.160. The molecule has 1 aromatic carbocycles. The van der Waals surface area contributed by atoms with Crippen molar-refractivity contribution in [2.45, 2.75) is 19.9 Å². The molecule has 0 aliphatic rings. The van der Waals surface area contributed by atoms with E-state index in [0.717, 1.165) is 16.7 Å². The van der Waals surface area contributed by atoms with E-state index in [9.17, 15) is 4.79 Å². The highest BCUT2D eigenvalue weighted by atomic mass is 16.5. The normalized spacial score (nSPS) is 11.9. The Morgan fingerprint density at radius 1 is 1.20 bits per heavy atom. The van der Waals surface area contributed by atoms with E-state index in [4.69, 9.17) is 4.52 Å². The van der Waals surface area contributed by atoms with Gasteiger partial charge in [0.2, 0.25) is 5.91 Å². The van der Waals surface area contributed by atoms with E-state index in [1.807, 2.05) is 25.3 Å². The largest absolute Gasteiger partial charge is 0.360 e. The highest BCUT2D eigenvalue weighted by Gasteiger charge is 2.10. The van der Waals surface area contributed by atoms with Gasteiger partial charge in [-0.2, -0.15) is 0 Å². The zero-order valence-electron chi connectivity index (χ0n) is 14.2. The lowest BCUT2D eigenvalue weighted by Gasteiger charge is -2.14. The van der Waals surface area contributed by atoms with Crippen LogP contribution in [-0.2, 0) is 4.79 Å². The Morgan fingerprint density at radius 3 is 2.64 bits per heavy atom. The molecule has 6 nitrogen and oxygen atoms in total. The van der Waals surface area contributed by atoms with Crippen molar-refractivity contribution in [3.8, 4) is 11.1 Å². The topological polar surface area (TPSA) is 80.0 Å². The Hall–Kier alpha value is -2.99. The minimum Gasteiger partial charge on any atom is -0.360 e. The van der Waals surface area contributed by atoms with E-state index >= 15 is 0 Å². The fraction of sp³-hybridized carbons (Fsp3) is 0.211. The van der Waals surface area contributed by atoms with Gasteiger partial charge in [-0.1, -0.05) is 35.5 Å². The maximum absolute atomic E-state index is 11.9. The number of nitrogens with one attached hydrogen (secondary N) is 2. The van der Waals surface area contributed by atoms with Crippen LogP contribution in [-0.4, -0.2) is 22.6 Å². The summed E-state index contributed by atoms with van der Waals surface area (Å²) in [7, 11) is 0. The van der Waals surface area contributed by atoms with Gasteiger partial charge in [-0.05, 0) is 36.6 Å². The Kier molecular flexibility index (Phi) is 5.20. The number of pyridine rings is 1. The second-order valence-electron chi connectivity index (χ2n) is 5.84. The van der Waals surface area contributed by atoms with E-state index in [0.29, 0.717) is 11.6 Å². The molecule has 6 heteroatoms. The minimum absolute atomic E-state index is 0.0488. The lowest BCUT2D eigenvalue weighted by Crippen LogP contribution is -2.30. The highest BCUT2D eigenvalue weighted by molar-refractivity contribution is 5.91. The summed E-state index contributed by atoms with van der Waals surface area (Å²) in [6.45, 7) is 3.99. The lowest BCUT2D eigenvalue weighted by molar-refractivity contribution is -0.115. The number of benzene rings is 1. The van der Waals surface area contributed by atoms with Crippen molar-refractivity contribution in [3.05, 3.63) is 66.2 Å². The molecule has 0 aliphatic heterocycles. The van der Waals surface area contributed by atoms with Crippen LogP contribution in [0, 0.1) is 6.92 Å². The molecule has 0 aliphatic carbocycles. The molecule has 3 rings (SSSR count). The second kappa shape index (κ2) is 7.72. The van der Waals surface area contributed by atoms with Crippen LogP contribution in [0.3, 0.4) is 0 Å². The first-order valence-electron chi connectivity index (χ1n) is 8.09. The van der Waals surface area contributed by atoms with Gasteiger partial charge in [0, 0.05) is 24.5 Å². The van der Waals surface area contributed by atoms with Crippen molar-refractivity contribution >= 4 is 11.7 Å². The molecule has 0 saturated heterocycles. The number of amides is 1. The number of anilines is 1. The fourth-order valence-corrected chi connectivity index (χ4v) is 2.47. The standard InChI is InChI=1S/C19H20N4O2/c1-13-10-18(23-25-13)22-19(24)12-21-14(2)15-5-7-16(8-6-15)17-4-3-9-20-11-17/h3-11,14,21H,12H2,1-2H3,(H,22,23,24)/t14-/m1/s1. The molecular formula is C19H20N4O2. The van der Waals surface area contributed by atoms with Gasteiger partial charge in [0.1, 0.15) is 5.76 Å². The molecular weight excluding hydrogens is 316 g/mol. The van der Waals surface area contributed by atoms with Crippen LogP contribution in [0.25, 0.3) is 11.1 Å². The Labute approximate surface area is 146 Å². The summed E-state index contributed by atoms with van der Waals surface area (Å²) in [5.41, 5.74) is 3.30. The maximum atomic E-state index is 11.9. The Morgan fingerprint density at radius 2 is 2.00 bits per heavy atom. The summed E-state index contributed by atoms with van der Waals surface area (Å²) in [6.07, 6.45) is 3.60. The van der Waals surface area contributed by atoms with Crippen molar-refractivity contribution in [1.29, 1.82) is 0 Å². The molecule has 1 amide bonds. The quantitative estimate of drug-likeness (QED) is 0.722. The van der Waals surface area contributed by atoms with Gasteiger partial charge in [-0.25, -0.2) is 0 Å². The van der Waals surface area contributed by atoms with Crippen molar-refractivity contribution in [2.24, 2.45) is 0 Å². The Bertz CT molecular complexity index is 828. The van der Waals surface area contributed by atoms with E-state index < -0.39 is 0 Å². The first-order chi connectivity index (χ1) is 12.1. The molecule has 0 bridgehead atoms. The number of aromatic nitrogens is 2. The van der Waals surface area contributed by atoms with Crippen LogP contribution in [0.1, 0.15) is 24.3 Å². The summed E-state index contributed by atoms with van der Waals surface area (Å²) < 4.78 is 4.92. The summed E-state index contributed by atoms with van der Waals surface area (Å²) in [5, 5.41) is 9.63. The van der Waals surface area contributed by atoms with Crippen LogP contribution in [0.5, 0.6) is 0 Å². The Balaban J connectivity index is 1.54. The summed E-state index contributed by atoms with van der Waals surface area (Å²) in [5.74, 6) is 0.926. The van der Waals surface area contributed by atoms with Gasteiger partial charge in [0.15, 0.2) is 5.82 Å². The van der Waals surface area contributed by atoms with Crippen molar-refractivity contribution < 1.29 is 9.32 Å². The van der Waals surface area contributed by atoms with Gasteiger partial charge in [0.05, 0.1) is 6.54 Å². The molecule has 0 spiro atoms. The van der Waals surface area contributed by atoms with Crippen LogP contribution in [0.4, 0.5) is 5.82 Å². The molecule has 0 radical (unpaired) electrons. The highest BCUT2D eigenvalue weighted by Crippen LogP contribution is 2.21. The predicted octanol–water partition coefficient (Wildman–Crippen LogP) is 3.33. The van der Waals surface area contributed by atoms with Crippen LogP contribution in [0.15, 0.2) is 59.4 Å². The SMILES string of the molecule is Cc1cc(NC(=O)CN[C@H](C)c2ccc(-c3cccnc3)cc2)no1. The molecule has 1 atom stereocenters. The zero-order chi connectivity index (χ0) is 17.6. The molecule has 25 heavy (non-hydrogen) atoms. The fourth-order valence-electron chi connectivity index (χ4n) is 2.47. The third kappa shape index (κ3) is 4.51. The van der Waals surface area contributed by atoms with Crippen LogP contribution >= 0.6 is 0 Å². The molecule has 0 fully saturated rings. The van der Waals surface area contributed by atoms with Crippen molar-refractivity contribution in [3.63, 3.8) is 0 Å². The van der Waals surface area contributed by atoms with Gasteiger partial charge >= 0.3 is 0 Å². The number of carbonyl (C=O) groups is 1. The molecule has 2 N–H and O–H groups in total. The third-order valence-electron chi connectivity index (χ3n) is 3.87. The van der Waals surface area contributed by atoms with E-state index in [1.165, 1.54) is 0 Å². The lowest BCUT2D eigenvalue weighted by atomic mass is 10.0. The number of nitrogens with zero attached hydrogens (tertiary/aromatic N) is 2. The summed E-state index contributed by atoms with van der Waals surface area (Å²) in [4.78, 5) is 16.1.